The predicted octanol–water partition coefficient (Wildman–Crippen LogP) is -0.182. The molecule has 1 amide bonds. The number of nitrogens with zero attached hydrogens (tertiary/aromatic N) is 3. The minimum absolute atomic E-state index is 0.253. The van der Waals surface area contributed by atoms with E-state index in [4.69, 9.17) is 10.5 Å². The smallest absolute Gasteiger partial charge is 0.231 e. The molecular formula is C12H18N4O2. The first kappa shape index (κ1) is 12.9. The highest BCUT2D eigenvalue weighted by molar-refractivity contribution is 5.75. The molecule has 0 unspecified atom stereocenters. The Morgan fingerprint density at radius 3 is 3.11 bits per heavy atom. The second-order valence-corrected chi connectivity index (χ2v) is 4.75. The summed E-state index contributed by atoms with van der Waals surface area (Å²) in [5.74, 6) is 0.391. The summed E-state index contributed by atoms with van der Waals surface area (Å²) >= 11 is 0. The van der Waals surface area contributed by atoms with Gasteiger partial charge in [0.05, 0.1) is 18.8 Å². The molecule has 98 valence electrons. The molecule has 18 heavy (non-hydrogen) atoms. The number of ether oxygens (including phenoxy) is 1. The van der Waals surface area contributed by atoms with Crippen molar-refractivity contribution in [3.63, 3.8) is 0 Å². The van der Waals surface area contributed by atoms with Gasteiger partial charge in [-0.3, -0.25) is 9.69 Å². The van der Waals surface area contributed by atoms with Gasteiger partial charge in [-0.05, 0) is 19.9 Å². The maximum Gasteiger partial charge on any atom is 0.231 e. The first-order chi connectivity index (χ1) is 8.49. The van der Waals surface area contributed by atoms with Crippen LogP contribution in [0.25, 0.3) is 0 Å². The van der Waals surface area contributed by atoms with Crippen molar-refractivity contribution in [2.45, 2.75) is 19.4 Å². The molecule has 1 atom stereocenters. The molecule has 1 saturated heterocycles. The summed E-state index contributed by atoms with van der Waals surface area (Å²) in [6.07, 6.45) is 1.72. The Balaban J connectivity index is 2.17. The number of carbonyl (C=O) groups excluding carboxylic acids is 1. The molecule has 2 N–H and O–H groups in total. The van der Waals surface area contributed by atoms with Crippen LogP contribution in [-0.2, 0) is 15.1 Å². The zero-order chi connectivity index (χ0) is 13.2. The second kappa shape index (κ2) is 4.99. The van der Waals surface area contributed by atoms with Crippen LogP contribution < -0.4 is 5.73 Å². The van der Waals surface area contributed by atoms with Crippen LogP contribution in [0, 0.1) is 6.92 Å². The fraction of sp³-hybridized carbons (Fsp3) is 0.583. The van der Waals surface area contributed by atoms with E-state index < -0.39 is 5.60 Å². The zero-order valence-electron chi connectivity index (χ0n) is 10.7. The van der Waals surface area contributed by atoms with Gasteiger partial charge in [0.15, 0.2) is 0 Å². The lowest BCUT2D eigenvalue weighted by Crippen LogP contribution is -2.50. The van der Waals surface area contributed by atoms with E-state index in [-0.39, 0.29) is 12.5 Å². The summed E-state index contributed by atoms with van der Waals surface area (Å²) < 4.78 is 5.83. The number of aromatic nitrogens is 2. The van der Waals surface area contributed by atoms with E-state index in [9.17, 15) is 4.79 Å². The maximum absolute atomic E-state index is 11.0. The van der Waals surface area contributed by atoms with Gasteiger partial charge < -0.3 is 10.5 Å². The molecule has 1 aliphatic rings. The van der Waals surface area contributed by atoms with Crippen molar-refractivity contribution in [2.24, 2.45) is 5.73 Å². The first-order valence-electron chi connectivity index (χ1n) is 5.94. The zero-order valence-corrected chi connectivity index (χ0v) is 10.7. The van der Waals surface area contributed by atoms with Gasteiger partial charge in [-0.25, -0.2) is 9.97 Å². The van der Waals surface area contributed by atoms with Crippen LogP contribution in [0.1, 0.15) is 18.4 Å². The average molecular weight is 250 g/mol. The Kier molecular flexibility index (Phi) is 3.58. The lowest BCUT2D eigenvalue weighted by molar-refractivity contribution is -0.128. The number of nitrogens with two attached hydrogens (primary N) is 1. The number of aryl methyl sites for hydroxylation is 1. The minimum Gasteiger partial charge on any atom is -0.369 e. The van der Waals surface area contributed by atoms with Gasteiger partial charge in [0.1, 0.15) is 11.4 Å². The fourth-order valence-corrected chi connectivity index (χ4v) is 2.21. The molecule has 0 aromatic carbocycles. The van der Waals surface area contributed by atoms with E-state index in [0.717, 1.165) is 5.69 Å². The van der Waals surface area contributed by atoms with Crippen molar-refractivity contribution in [1.82, 2.24) is 14.9 Å². The molecule has 1 aliphatic heterocycles. The number of primary amides is 1. The summed E-state index contributed by atoms with van der Waals surface area (Å²) in [5.41, 5.74) is 5.55. The quantitative estimate of drug-likeness (QED) is 0.804. The van der Waals surface area contributed by atoms with E-state index in [1.165, 1.54) is 0 Å². The van der Waals surface area contributed by atoms with Crippen molar-refractivity contribution in [2.75, 3.05) is 26.2 Å². The Bertz CT molecular complexity index is 451. The van der Waals surface area contributed by atoms with Crippen molar-refractivity contribution in [3.8, 4) is 0 Å². The monoisotopic (exact) mass is 250 g/mol. The molecular weight excluding hydrogens is 232 g/mol. The fourth-order valence-electron chi connectivity index (χ4n) is 2.21. The van der Waals surface area contributed by atoms with Crippen molar-refractivity contribution in [1.29, 1.82) is 0 Å². The Labute approximate surface area is 106 Å². The third-order valence-corrected chi connectivity index (χ3v) is 3.05. The van der Waals surface area contributed by atoms with Crippen molar-refractivity contribution in [3.05, 3.63) is 23.8 Å². The highest BCUT2D eigenvalue weighted by Gasteiger charge is 2.35. The van der Waals surface area contributed by atoms with E-state index >= 15 is 0 Å². The molecule has 0 saturated carbocycles. The molecule has 6 nitrogen and oxygen atoms in total. The SMILES string of the molecule is Cc1nccc([C@]2(C)CN(CC(N)=O)CCO2)n1. The largest absolute Gasteiger partial charge is 0.369 e. The molecule has 1 aromatic heterocycles. The maximum atomic E-state index is 11.0. The summed E-state index contributed by atoms with van der Waals surface area (Å²) in [6, 6.07) is 1.85. The molecule has 6 heteroatoms. The molecule has 0 spiro atoms. The van der Waals surface area contributed by atoms with Gasteiger partial charge in [-0.15, -0.1) is 0 Å². The van der Waals surface area contributed by atoms with Crippen LogP contribution in [0.15, 0.2) is 12.3 Å². The van der Waals surface area contributed by atoms with Crippen LogP contribution in [0.2, 0.25) is 0 Å². The summed E-state index contributed by atoms with van der Waals surface area (Å²) in [5, 5.41) is 0. The molecule has 0 bridgehead atoms. The number of rotatable bonds is 3. The van der Waals surface area contributed by atoms with Gasteiger partial charge in [0.25, 0.3) is 0 Å². The molecule has 1 fully saturated rings. The Morgan fingerprint density at radius 2 is 2.44 bits per heavy atom. The van der Waals surface area contributed by atoms with Gasteiger partial charge in [-0.2, -0.15) is 0 Å². The van der Waals surface area contributed by atoms with E-state index in [1.807, 2.05) is 24.8 Å². The lowest BCUT2D eigenvalue weighted by atomic mass is 9.99. The number of morpholine rings is 1. The van der Waals surface area contributed by atoms with Crippen molar-refractivity contribution >= 4 is 5.91 Å². The molecule has 0 aliphatic carbocycles. The Hall–Kier alpha value is -1.53. The van der Waals surface area contributed by atoms with Crippen LogP contribution in [0.3, 0.4) is 0 Å². The third kappa shape index (κ3) is 2.83. The molecule has 2 rings (SSSR count). The highest BCUT2D eigenvalue weighted by atomic mass is 16.5. The van der Waals surface area contributed by atoms with Crippen LogP contribution in [0.4, 0.5) is 0 Å². The highest BCUT2D eigenvalue weighted by Crippen LogP contribution is 2.27. The number of hydrogen-bond acceptors (Lipinski definition) is 5. The predicted molar refractivity (Wildman–Crippen MR) is 65.7 cm³/mol. The number of amides is 1. The third-order valence-electron chi connectivity index (χ3n) is 3.05. The van der Waals surface area contributed by atoms with E-state index in [2.05, 4.69) is 9.97 Å². The Morgan fingerprint density at radius 1 is 1.67 bits per heavy atom. The van der Waals surface area contributed by atoms with Crippen LogP contribution >= 0.6 is 0 Å². The second-order valence-electron chi connectivity index (χ2n) is 4.75. The van der Waals surface area contributed by atoms with E-state index in [0.29, 0.717) is 25.5 Å². The summed E-state index contributed by atoms with van der Waals surface area (Å²) in [4.78, 5) is 21.5. The average Bonchev–Trinajstić information content (AvgIpc) is 2.28. The van der Waals surface area contributed by atoms with Gasteiger partial charge in [0.2, 0.25) is 5.91 Å². The van der Waals surface area contributed by atoms with Crippen LogP contribution in [0.5, 0.6) is 0 Å². The van der Waals surface area contributed by atoms with Gasteiger partial charge in [0, 0.05) is 19.3 Å². The first-order valence-corrected chi connectivity index (χ1v) is 5.94. The molecule has 1 aromatic rings. The van der Waals surface area contributed by atoms with Gasteiger partial charge >= 0.3 is 0 Å². The van der Waals surface area contributed by atoms with Crippen LogP contribution in [-0.4, -0.2) is 47.0 Å². The van der Waals surface area contributed by atoms with Crippen molar-refractivity contribution < 1.29 is 9.53 Å². The number of hydrogen-bond donors (Lipinski definition) is 1. The molecule has 0 radical (unpaired) electrons. The van der Waals surface area contributed by atoms with E-state index in [1.54, 1.807) is 6.20 Å². The normalized spacial score (nSPS) is 25.0. The minimum atomic E-state index is -0.512. The topological polar surface area (TPSA) is 81.3 Å². The standard InChI is InChI=1S/C12H18N4O2/c1-9-14-4-3-10(15-9)12(2)8-16(5-6-18-12)7-11(13)17/h3-4H,5-8H2,1-2H3,(H2,13,17)/t12-/m0/s1. The number of carbonyl (C=O) groups is 1. The molecule has 2 heterocycles. The summed E-state index contributed by atoms with van der Waals surface area (Å²) in [7, 11) is 0. The lowest BCUT2D eigenvalue weighted by Gasteiger charge is -2.39. The summed E-state index contributed by atoms with van der Waals surface area (Å²) in [6.45, 7) is 5.95. The van der Waals surface area contributed by atoms with Gasteiger partial charge in [-0.1, -0.05) is 0 Å².